The first-order valence-electron chi connectivity index (χ1n) is 9.14. The SMILES string of the molecule is Cc1cc2n(n1)C(C)CC(C(F)(F)F)N2C(=O)CN1C(=O)CSc2ccccc21. The predicted octanol–water partition coefficient (Wildman–Crippen LogP) is 3.56. The predicted molar refractivity (Wildman–Crippen MR) is 103 cm³/mol. The molecule has 2 aromatic rings. The number of aryl methyl sites for hydroxylation is 1. The van der Waals surface area contributed by atoms with E-state index in [4.69, 9.17) is 0 Å². The second kappa shape index (κ2) is 7.08. The van der Waals surface area contributed by atoms with Crippen LogP contribution in [0.4, 0.5) is 24.7 Å². The van der Waals surface area contributed by atoms with Gasteiger partial charge in [0.1, 0.15) is 18.4 Å². The van der Waals surface area contributed by atoms with E-state index in [1.165, 1.54) is 27.4 Å². The number of hydrogen-bond donors (Lipinski definition) is 0. The average Bonchev–Trinajstić information content (AvgIpc) is 3.05. The molecular formula is C19H19F3N4O2S. The lowest BCUT2D eigenvalue weighted by molar-refractivity contribution is -0.158. The van der Waals surface area contributed by atoms with Crippen LogP contribution in [0.3, 0.4) is 0 Å². The summed E-state index contributed by atoms with van der Waals surface area (Å²) in [4.78, 5) is 28.4. The number of alkyl halides is 3. The number of amides is 2. The summed E-state index contributed by atoms with van der Waals surface area (Å²) in [6, 6.07) is 6.09. The van der Waals surface area contributed by atoms with E-state index in [2.05, 4.69) is 5.10 Å². The van der Waals surface area contributed by atoms with Gasteiger partial charge in [0.15, 0.2) is 0 Å². The van der Waals surface area contributed by atoms with Gasteiger partial charge in [-0.1, -0.05) is 12.1 Å². The summed E-state index contributed by atoms with van der Waals surface area (Å²) < 4.78 is 42.9. The van der Waals surface area contributed by atoms with E-state index in [0.717, 1.165) is 9.80 Å². The fraction of sp³-hybridized carbons (Fsp3) is 0.421. The molecule has 0 spiro atoms. The Morgan fingerprint density at radius 3 is 2.76 bits per heavy atom. The van der Waals surface area contributed by atoms with E-state index in [1.807, 2.05) is 12.1 Å². The molecule has 0 N–H and O–H groups in total. The van der Waals surface area contributed by atoms with Crippen molar-refractivity contribution in [3.05, 3.63) is 36.0 Å². The van der Waals surface area contributed by atoms with Crippen LogP contribution < -0.4 is 9.80 Å². The molecule has 4 rings (SSSR count). The molecule has 3 heterocycles. The molecule has 1 aromatic heterocycles. The molecule has 2 aliphatic heterocycles. The zero-order chi connectivity index (χ0) is 20.9. The van der Waals surface area contributed by atoms with Crippen LogP contribution in [0.2, 0.25) is 0 Å². The summed E-state index contributed by atoms with van der Waals surface area (Å²) >= 11 is 1.35. The zero-order valence-electron chi connectivity index (χ0n) is 15.8. The molecule has 6 nitrogen and oxygen atoms in total. The minimum absolute atomic E-state index is 0.112. The largest absolute Gasteiger partial charge is 0.409 e. The third kappa shape index (κ3) is 3.50. The average molecular weight is 424 g/mol. The lowest BCUT2D eigenvalue weighted by Gasteiger charge is -2.40. The first-order chi connectivity index (χ1) is 13.7. The van der Waals surface area contributed by atoms with Crippen molar-refractivity contribution in [1.82, 2.24) is 9.78 Å². The second-order valence-corrected chi connectivity index (χ2v) is 8.25. The van der Waals surface area contributed by atoms with Gasteiger partial charge in [0.05, 0.1) is 23.2 Å². The van der Waals surface area contributed by atoms with E-state index < -0.39 is 30.7 Å². The molecule has 0 saturated carbocycles. The highest BCUT2D eigenvalue weighted by atomic mass is 32.2. The van der Waals surface area contributed by atoms with E-state index in [9.17, 15) is 22.8 Å². The van der Waals surface area contributed by atoms with E-state index in [0.29, 0.717) is 11.4 Å². The minimum Gasteiger partial charge on any atom is -0.301 e. The number of aromatic nitrogens is 2. The van der Waals surface area contributed by atoms with Gasteiger partial charge >= 0.3 is 6.18 Å². The summed E-state index contributed by atoms with van der Waals surface area (Å²) in [5.41, 5.74) is 1.07. The second-order valence-electron chi connectivity index (χ2n) is 7.23. The van der Waals surface area contributed by atoms with Crippen molar-refractivity contribution in [3.63, 3.8) is 0 Å². The lowest BCUT2D eigenvalue weighted by Crippen LogP contribution is -2.56. The molecule has 2 unspecified atom stereocenters. The summed E-state index contributed by atoms with van der Waals surface area (Å²) in [6.45, 7) is 2.87. The Labute approximate surface area is 169 Å². The molecule has 154 valence electrons. The smallest absolute Gasteiger partial charge is 0.301 e. The molecule has 2 amide bonds. The zero-order valence-corrected chi connectivity index (χ0v) is 16.6. The normalized spacial score (nSPS) is 21.8. The fourth-order valence-electron chi connectivity index (χ4n) is 3.82. The summed E-state index contributed by atoms with van der Waals surface area (Å²) in [5.74, 6) is -0.835. The number of anilines is 2. The molecule has 29 heavy (non-hydrogen) atoms. The quantitative estimate of drug-likeness (QED) is 0.740. The number of halogens is 3. The number of thioether (sulfide) groups is 1. The maximum atomic E-state index is 13.8. The summed E-state index contributed by atoms with van der Waals surface area (Å²) in [7, 11) is 0. The minimum atomic E-state index is -4.59. The highest BCUT2D eigenvalue weighted by molar-refractivity contribution is 8.00. The van der Waals surface area contributed by atoms with Gasteiger partial charge in [-0.25, -0.2) is 4.68 Å². The van der Waals surface area contributed by atoms with Crippen LogP contribution in [-0.4, -0.2) is 46.1 Å². The Morgan fingerprint density at radius 1 is 1.31 bits per heavy atom. The lowest BCUT2D eigenvalue weighted by atomic mass is 10.0. The number of hydrogen-bond acceptors (Lipinski definition) is 4. The molecule has 2 atom stereocenters. The highest BCUT2D eigenvalue weighted by Gasteiger charge is 2.50. The number of nitrogens with zero attached hydrogens (tertiary/aromatic N) is 4. The monoisotopic (exact) mass is 424 g/mol. The molecular weight excluding hydrogens is 405 g/mol. The van der Waals surface area contributed by atoms with E-state index >= 15 is 0 Å². The molecule has 0 fully saturated rings. The van der Waals surface area contributed by atoms with Crippen LogP contribution in [0.15, 0.2) is 35.2 Å². The Morgan fingerprint density at radius 2 is 2.03 bits per heavy atom. The van der Waals surface area contributed by atoms with Crippen LogP contribution in [0.5, 0.6) is 0 Å². The molecule has 0 aliphatic carbocycles. The van der Waals surface area contributed by atoms with Crippen molar-refractivity contribution in [2.24, 2.45) is 0 Å². The first-order valence-corrected chi connectivity index (χ1v) is 10.1. The molecule has 0 bridgehead atoms. The van der Waals surface area contributed by atoms with Gasteiger partial charge in [-0.2, -0.15) is 18.3 Å². The number of carbonyl (C=O) groups excluding carboxylic acids is 2. The van der Waals surface area contributed by atoms with Crippen molar-refractivity contribution in [3.8, 4) is 0 Å². The number of fused-ring (bicyclic) bond motifs is 2. The van der Waals surface area contributed by atoms with Crippen LogP contribution in [0.1, 0.15) is 25.1 Å². The maximum absolute atomic E-state index is 13.8. The van der Waals surface area contributed by atoms with Gasteiger partial charge in [0, 0.05) is 11.0 Å². The van der Waals surface area contributed by atoms with Gasteiger partial charge in [-0.15, -0.1) is 11.8 Å². The Bertz CT molecular complexity index is 975. The van der Waals surface area contributed by atoms with Gasteiger partial charge in [-0.3, -0.25) is 14.5 Å². The Balaban J connectivity index is 1.71. The topological polar surface area (TPSA) is 58.4 Å². The molecule has 0 radical (unpaired) electrons. The van der Waals surface area contributed by atoms with E-state index in [-0.39, 0.29) is 23.9 Å². The van der Waals surface area contributed by atoms with Crippen LogP contribution in [-0.2, 0) is 9.59 Å². The maximum Gasteiger partial charge on any atom is 0.409 e. The van der Waals surface area contributed by atoms with E-state index in [1.54, 1.807) is 26.0 Å². The van der Waals surface area contributed by atoms with Gasteiger partial charge < -0.3 is 4.90 Å². The van der Waals surface area contributed by atoms with Crippen LogP contribution in [0, 0.1) is 6.92 Å². The van der Waals surface area contributed by atoms with Gasteiger partial charge in [0.25, 0.3) is 0 Å². The third-order valence-corrected chi connectivity index (χ3v) is 6.17. The highest BCUT2D eigenvalue weighted by Crippen LogP contribution is 2.40. The number of rotatable bonds is 2. The van der Waals surface area contributed by atoms with Crippen molar-refractivity contribution in [2.75, 3.05) is 22.1 Å². The van der Waals surface area contributed by atoms with Crippen molar-refractivity contribution >= 4 is 35.1 Å². The van der Waals surface area contributed by atoms with Gasteiger partial charge in [-0.05, 0) is 32.4 Å². The number of carbonyl (C=O) groups is 2. The number of para-hydroxylation sites is 1. The molecule has 2 aliphatic rings. The molecule has 10 heteroatoms. The summed E-state index contributed by atoms with van der Waals surface area (Å²) in [6.07, 6.45) is -4.88. The van der Waals surface area contributed by atoms with Crippen molar-refractivity contribution in [2.45, 2.75) is 43.4 Å². The summed E-state index contributed by atoms with van der Waals surface area (Å²) in [5, 5.41) is 4.25. The van der Waals surface area contributed by atoms with Crippen molar-refractivity contribution < 1.29 is 22.8 Å². The fourth-order valence-corrected chi connectivity index (χ4v) is 4.75. The third-order valence-electron chi connectivity index (χ3n) is 5.13. The Kier molecular flexibility index (Phi) is 4.84. The Hall–Kier alpha value is -2.49. The standard InChI is InChI=1S/C19H19F3N4O2S/c1-11-7-16-25(15(19(20,21)22)8-12(2)26(16)23-11)17(27)9-24-13-5-3-4-6-14(13)29-10-18(24)28/h3-7,12,15H,8-10H2,1-2H3. The first kappa shape index (κ1) is 19.8. The van der Waals surface area contributed by atoms with Gasteiger partial charge in [0.2, 0.25) is 11.8 Å². The number of benzene rings is 1. The van der Waals surface area contributed by atoms with Crippen LogP contribution in [0.25, 0.3) is 0 Å². The molecule has 1 aromatic carbocycles. The van der Waals surface area contributed by atoms with Crippen molar-refractivity contribution in [1.29, 1.82) is 0 Å². The van der Waals surface area contributed by atoms with Crippen LogP contribution >= 0.6 is 11.8 Å². The molecule has 0 saturated heterocycles.